The Balaban J connectivity index is 2.47. The van der Waals surface area contributed by atoms with Crippen LogP contribution in [0.4, 0.5) is 0 Å². The molecule has 2 atom stereocenters. The van der Waals surface area contributed by atoms with Crippen molar-refractivity contribution in [2.45, 2.75) is 12.0 Å². The molecule has 1 aliphatic heterocycles. The van der Waals surface area contributed by atoms with Gasteiger partial charge in [-0.2, -0.15) is 0 Å². The lowest BCUT2D eigenvalue weighted by atomic mass is 9.93. The molecular formula is C7H7BN2O. The molecule has 2 unspecified atom stereocenters. The molecular weight excluding hydrogens is 139 g/mol. The second kappa shape index (κ2) is 2.24. The van der Waals surface area contributed by atoms with Gasteiger partial charge in [0.2, 0.25) is 0 Å². The van der Waals surface area contributed by atoms with Crippen LogP contribution >= 0.6 is 0 Å². The van der Waals surface area contributed by atoms with Crippen LogP contribution in [0.2, 0.25) is 0 Å². The topological polar surface area (TPSA) is 48.1 Å². The summed E-state index contributed by atoms with van der Waals surface area (Å²) >= 11 is 0. The molecule has 11 heavy (non-hydrogen) atoms. The minimum atomic E-state index is -0.445. The Bertz CT molecular complexity index is 279. The Morgan fingerprint density at radius 3 is 3.18 bits per heavy atom. The van der Waals surface area contributed by atoms with Gasteiger partial charge < -0.3 is 10.5 Å². The van der Waals surface area contributed by atoms with Gasteiger partial charge in [-0.1, -0.05) is 0 Å². The number of hydrogen-bond acceptors (Lipinski definition) is 3. The van der Waals surface area contributed by atoms with Gasteiger partial charge in [0.15, 0.2) is 0 Å². The van der Waals surface area contributed by atoms with Crippen LogP contribution in [0.1, 0.15) is 11.7 Å². The number of nitrogens with two attached hydrogens (primary N) is 1. The predicted octanol–water partition coefficient (Wildman–Crippen LogP) is -0.0316. The van der Waals surface area contributed by atoms with E-state index in [4.69, 9.17) is 18.3 Å². The lowest BCUT2D eigenvalue weighted by molar-refractivity contribution is 0.290. The van der Waals surface area contributed by atoms with Gasteiger partial charge in [-0.25, -0.2) is 0 Å². The molecule has 54 valence electrons. The zero-order valence-corrected chi connectivity index (χ0v) is 5.90. The van der Waals surface area contributed by atoms with E-state index in [1.807, 2.05) is 6.07 Å². The number of ether oxygens (including phenoxy) is 1. The van der Waals surface area contributed by atoms with Crippen molar-refractivity contribution >= 4 is 7.85 Å². The maximum absolute atomic E-state index is 5.68. The van der Waals surface area contributed by atoms with E-state index in [1.165, 1.54) is 0 Å². The van der Waals surface area contributed by atoms with E-state index in [9.17, 15) is 0 Å². The van der Waals surface area contributed by atoms with Gasteiger partial charge in [0.1, 0.15) is 19.3 Å². The van der Waals surface area contributed by atoms with Crippen molar-refractivity contribution in [1.82, 2.24) is 4.98 Å². The van der Waals surface area contributed by atoms with Crippen LogP contribution in [0.25, 0.3) is 0 Å². The van der Waals surface area contributed by atoms with E-state index in [0.717, 1.165) is 5.69 Å². The molecule has 0 fully saturated rings. The van der Waals surface area contributed by atoms with Crippen LogP contribution in [0.5, 0.6) is 5.75 Å². The van der Waals surface area contributed by atoms with E-state index in [0.29, 0.717) is 5.75 Å². The Kier molecular flexibility index (Phi) is 1.36. The smallest absolute Gasteiger partial charge is 0.141 e. The monoisotopic (exact) mass is 146 g/mol. The minimum absolute atomic E-state index is 0.286. The summed E-state index contributed by atoms with van der Waals surface area (Å²) in [6.45, 7) is 0. The second-order valence-electron chi connectivity index (χ2n) is 2.50. The summed E-state index contributed by atoms with van der Waals surface area (Å²) in [4.78, 5) is 4.06. The maximum Gasteiger partial charge on any atom is 0.141 e. The molecule has 3 nitrogen and oxygen atoms in total. The van der Waals surface area contributed by atoms with Crippen molar-refractivity contribution in [3.05, 3.63) is 24.0 Å². The summed E-state index contributed by atoms with van der Waals surface area (Å²) in [5, 5.41) is 0. The first-order valence-corrected chi connectivity index (χ1v) is 3.42. The number of fused-ring (bicyclic) bond motifs is 1. The van der Waals surface area contributed by atoms with E-state index < -0.39 is 6.00 Å². The molecule has 0 aliphatic carbocycles. The normalized spacial score (nSPS) is 27.7. The highest BCUT2D eigenvalue weighted by atomic mass is 16.5. The number of pyridine rings is 1. The number of aromatic nitrogens is 1. The lowest BCUT2D eigenvalue weighted by Crippen LogP contribution is -2.25. The highest BCUT2D eigenvalue weighted by Gasteiger charge is 2.27. The van der Waals surface area contributed by atoms with Crippen LogP contribution in [0, 0.1) is 0 Å². The van der Waals surface area contributed by atoms with Gasteiger partial charge in [-0.15, -0.1) is 0 Å². The van der Waals surface area contributed by atoms with Crippen molar-refractivity contribution in [1.29, 1.82) is 0 Å². The molecule has 2 N–H and O–H groups in total. The minimum Gasteiger partial charge on any atom is -0.496 e. The molecule has 0 bridgehead atoms. The zero-order valence-electron chi connectivity index (χ0n) is 5.90. The highest BCUT2D eigenvalue weighted by molar-refractivity contribution is 6.12. The Hall–Kier alpha value is -1.03. The van der Waals surface area contributed by atoms with Crippen LogP contribution in [-0.4, -0.2) is 18.8 Å². The molecule has 2 heterocycles. The fourth-order valence-corrected chi connectivity index (χ4v) is 1.13. The van der Waals surface area contributed by atoms with E-state index in [-0.39, 0.29) is 6.04 Å². The predicted molar refractivity (Wildman–Crippen MR) is 41.3 cm³/mol. The third-order valence-electron chi connectivity index (χ3n) is 1.73. The molecule has 1 aliphatic rings. The standard InChI is InChI=1S/C7H7BN2O/c8-7-5(9)6-4(11-7)2-1-3-10-6/h1-3,5,7H,9H2. The van der Waals surface area contributed by atoms with Gasteiger partial charge in [0.05, 0.1) is 12.0 Å². The molecule has 1 aromatic heterocycles. The molecule has 0 amide bonds. The van der Waals surface area contributed by atoms with E-state index in [2.05, 4.69) is 4.98 Å². The molecule has 4 heteroatoms. The Morgan fingerprint density at radius 2 is 2.45 bits per heavy atom. The van der Waals surface area contributed by atoms with Gasteiger partial charge in [0, 0.05) is 6.20 Å². The maximum atomic E-state index is 5.68. The Morgan fingerprint density at radius 1 is 1.64 bits per heavy atom. The van der Waals surface area contributed by atoms with E-state index in [1.54, 1.807) is 12.3 Å². The summed E-state index contributed by atoms with van der Waals surface area (Å²) in [6.07, 6.45) is 1.68. The fourth-order valence-electron chi connectivity index (χ4n) is 1.13. The molecule has 2 rings (SSSR count). The second-order valence-corrected chi connectivity index (χ2v) is 2.50. The van der Waals surface area contributed by atoms with Crippen LogP contribution in [0.3, 0.4) is 0 Å². The Labute approximate surface area is 66.0 Å². The number of hydrogen-bond donors (Lipinski definition) is 1. The molecule has 0 saturated heterocycles. The van der Waals surface area contributed by atoms with Crippen molar-refractivity contribution in [2.75, 3.05) is 0 Å². The quantitative estimate of drug-likeness (QED) is 0.522. The first-order chi connectivity index (χ1) is 5.29. The summed E-state index contributed by atoms with van der Waals surface area (Å²) in [6, 6.07) is 2.88. The molecule has 2 radical (unpaired) electrons. The summed E-state index contributed by atoms with van der Waals surface area (Å²) in [7, 11) is 5.54. The third-order valence-corrected chi connectivity index (χ3v) is 1.73. The van der Waals surface area contributed by atoms with Crippen molar-refractivity contribution in [2.24, 2.45) is 5.73 Å². The fraction of sp³-hybridized carbons (Fsp3) is 0.286. The molecule has 1 aromatic rings. The van der Waals surface area contributed by atoms with Crippen LogP contribution in [0.15, 0.2) is 18.3 Å². The van der Waals surface area contributed by atoms with Crippen molar-refractivity contribution < 1.29 is 4.74 Å². The van der Waals surface area contributed by atoms with Crippen molar-refractivity contribution in [3.63, 3.8) is 0 Å². The SMILES string of the molecule is [B]C1Oc2cccnc2C1N. The summed E-state index contributed by atoms with van der Waals surface area (Å²) in [5.74, 6) is 0.701. The average Bonchev–Trinajstić information content (AvgIpc) is 2.30. The molecule has 0 aromatic carbocycles. The summed E-state index contributed by atoms with van der Waals surface area (Å²) < 4.78 is 5.21. The average molecular weight is 146 g/mol. The van der Waals surface area contributed by atoms with Crippen LogP contribution < -0.4 is 10.5 Å². The van der Waals surface area contributed by atoms with Gasteiger partial charge >= 0.3 is 0 Å². The zero-order chi connectivity index (χ0) is 7.84. The van der Waals surface area contributed by atoms with E-state index >= 15 is 0 Å². The van der Waals surface area contributed by atoms with Crippen molar-refractivity contribution in [3.8, 4) is 5.75 Å². The largest absolute Gasteiger partial charge is 0.496 e. The van der Waals surface area contributed by atoms with Gasteiger partial charge in [-0.05, 0) is 12.1 Å². The third kappa shape index (κ3) is 0.904. The lowest BCUT2D eigenvalue weighted by Gasteiger charge is -2.06. The molecule has 0 saturated carbocycles. The number of rotatable bonds is 0. The first-order valence-electron chi connectivity index (χ1n) is 3.42. The highest BCUT2D eigenvalue weighted by Crippen LogP contribution is 2.31. The van der Waals surface area contributed by atoms with Crippen LogP contribution in [-0.2, 0) is 0 Å². The molecule has 0 spiro atoms. The summed E-state index contributed by atoms with van der Waals surface area (Å²) in [5.41, 5.74) is 6.43. The first kappa shape index (κ1) is 6.67. The van der Waals surface area contributed by atoms with Gasteiger partial charge in [-0.3, -0.25) is 4.98 Å². The number of nitrogens with zero attached hydrogens (tertiary/aromatic N) is 1. The van der Waals surface area contributed by atoms with Gasteiger partial charge in [0.25, 0.3) is 0 Å².